The number of hydrogen-bond donors (Lipinski definition) is 1. The summed E-state index contributed by atoms with van der Waals surface area (Å²) in [5, 5.41) is 11.4. The molecule has 0 aliphatic carbocycles. The topological polar surface area (TPSA) is 35.8 Å². The molecule has 1 saturated heterocycles. The molecule has 0 saturated carbocycles. The zero-order chi connectivity index (χ0) is 9.80. The lowest BCUT2D eigenvalue weighted by Crippen LogP contribution is -2.17. The van der Waals surface area contributed by atoms with Gasteiger partial charge in [0.25, 0.3) is 0 Å². The second kappa shape index (κ2) is 4.13. The fourth-order valence-electron chi connectivity index (χ4n) is 1.81. The fourth-order valence-corrected chi connectivity index (χ4v) is 1.81. The minimum Gasteiger partial charge on any atom is -0.411 e. The van der Waals surface area contributed by atoms with Crippen LogP contribution < -0.4 is 4.90 Å². The average molecular weight is 190 g/mol. The van der Waals surface area contributed by atoms with Gasteiger partial charge in [0.05, 0.1) is 6.21 Å². The third-order valence-electron chi connectivity index (χ3n) is 2.57. The van der Waals surface area contributed by atoms with Gasteiger partial charge in [-0.3, -0.25) is 0 Å². The molecule has 1 fully saturated rings. The second-order valence-corrected chi connectivity index (χ2v) is 3.53. The van der Waals surface area contributed by atoms with E-state index >= 15 is 0 Å². The van der Waals surface area contributed by atoms with E-state index in [2.05, 4.69) is 22.2 Å². The molecule has 3 heteroatoms. The molecule has 0 unspecified atom stereocenters. The lowest BCUT2D eigenvalue weighted by Gasteiger charge is -2.17. The van der Waals surface area contributed by atoms with Gasteiger partial charge in [0, 0.05) is 18.8 Å². The van der Waals surface area contributed by atoms with Crippen molar-refractivity contribution in [2.24, 2.45) is 5.16 Å². The smallest absolute Gasteiger partial charge is 0.0733 e. The van der Waals surface area contributed by atoms with Crippen LogP contribution in [0.2, 0.25) is 0 Å². The Morgan fingerprint density at radius 3 is 2.36 bits per heavy atom. The van der Waals surface area contributed by atoms with Crippen molar-refractivity contribution in [2.45, 2.75) is 12.8 Å². The summed E-state index contributed by atoms with van der Waals surface area (Å²) in [6, 6.07) is 8.07. The molecular weight excluding hydrogens is 176 g/mol. The van der Waals surface area contributed by atoms with Crippen LogP contribution in [0.25, 0.3) is 0 Å². The van der Waals surface area contributed by atoms with E-state index in [0.29, 0.717) is 0 Å². The first-order valence-corrected chi connectivity index (χ1v) is 4.92. The molecule has 0 radical (unpaired) electrons. The molecular formula is C11H14N2O. The van der Waals surface area contributed by atoms with E-state index in [0.717, 1.165) is 18.7 Å². The number of nitrogens with zero attached hydrogens (tertiary/aromatic N) is 2. The van der Waals surface area contributed by atoms with Crippen LogP contribution in [-0.4, -0.2) is 24.5 Å². The van der Waals surface area contributed by atoms with Gasteiger partial charge in [-0.2, -0.15) is 0 Å². The summed E-state index contributed by atoms with van der Waals surface area (Å²) >= 11 is 0. The van der Waals surface area contributed by atoms with Crippen molar-refractivity contribution < 1.29 is 5.21 Å². The van der Waals surface area contributed by atoms with Crippen LogP contribution in [0, 0.1) is 0 Å². The lowest BCUT2D eigenvalue weighted by molar-refractivity contribution is 0.322. The Bertz CT molecular complexity index is 313. The molecule has 3 nitrogen and oxygen atoms in total. The van der Waals surface area contributed by atoms with E-state index in [1.165, 1.54) is 24.7 Å². The molecule has 14 heavy (non-hydrogen) atoms. The van der Waals surface area contributed by atoms with Gasteiger partial charge in [0.15, 0.2) is 0 Å². The molecule has 1 aromatic carbocycles. The van der Waals surface area contributed by atoms with Gasteiger partial charge in [0.1, 0.15) is 0 Å². The van der Waals surface area contributed by atoms with Crippen LogP contribution in [0.5, 0.6) is 0 Å². The van der Waals surface area contributed by atoms with Gasteiger partial charge in [-0.25, -0.2) is 0 Å². The van der Waals surface area contributed by atoms with Crippen molar-refractivity contribution in [3.8, 4) is 0 Å². The summed E-state index contributed by atoms with van der Waals surface area (Å²) in [7, 11) is 0. The maximum Gasteiger partial charge on any atom is 0.0733 e. The standard InChI is InChI=1S/C11H14N2O/c14-12-9-10-3-5-11(6-4-10)13-7-1-2-8-13/h3-6,9,14H,1-2,7-8H2/b12-9-. The van der Waals surface area contributed by atoms with E-state index < -0.39 is 0 Å². The molecule has 2 rings (SSSR count). The van der Waals surface area contributed by atoms with Crippen molar-refractivity contribution in [3.63, 3.8) is 0 Å². The number of anilines is 1. The monoisotopic (exact) mass is 190 g/mol. The highest BCUT2D eigenvalue weighted by Crippen LogP contribution is 2.19. The van der Waals surface area contributed by atoms with Crippen LogP contribution in [-0.2, 0) is 0 Å². The molecule has 0 amide bonds. The molecule has 0 bridgehead atoms. The van der Waals surface area contributed by atoms with E-state index in [4.69, 9.17) is 5.21 Å². The maximum atomic E-state index is 8.36. The predicted molar refractivity (Wildman–Crippen MR) is 57.3 cm³/mol. The van der Waals surface area contributed by atoms with Crippen LogP contribution in [0.15, 0.2) is 29.4 Å². The van der Waals surface area contributed by atoms with Crippen LogP contribution in [0.4, 0.5) is 5.69 Å². The van der Waals surface area contributed by atoms with Crippen molar-refractivity contribution >= 4 is 11.9 Å². The van der Waals surface area contributed by atoms with Crippen molar-refractivity contribution in [1.82, 2.24) is 0 Å². The SMILES string of the molecule is O/N=C\c1ccc(N2CCCC2)cc1. The van der Waals surface area contributed by atoms with Gasteiger partial charge in [-0.1, -0.05) is 17.3 Å². The third-order valence-corrected chi connectivity index (χ3v) is 2.57. The van der Waals surface area contributed by atoms with E-state index in [9.17, 15) is 0 Å². The summed E-state index contributed by atoms with van der Waals surface area (Å²) < 4.78 is 0. The van der Waals surface area contributed by atoms with Gasteiger partial charge in [-0.15, -0.1) is 0 Å². The lowest BCUT2D eigenvalue weighted by atomic mass is 10.2. The van der Waals surface area contributed by atoms with Crippen molar-refractivity contribution in [1.29, 1.82) is 0 Å². The molecule has 0 spiro atoms. The van der Waals surface area contributed by atoms with Crippen LogP contribution >= 0.6 is 0 Å². The summed E-state index contributed by atoms with van der Waals surface area (Å²) in [5.74, 6) is 0. The highest BCUT2D eigenvalue weighted by molar-refractivity contribution is 5.79. The average Bonchev–Trinajstić information content (AvgIpc) is 2.72. The largest absolute Gasteiger partial charge is 0.411 e. The first-order valence-electron chi connectivity index (χ1n) is 4.92. The Morgan fingerprint density at radius 1 is 1.14 bits per heavy atom. The highest BCUT2D eigenvalue weighted by atomic mass is 16.4. The molecule has 1 heterocycles. The first-order chi connectivity index (χ1) is 6.90. The third kappa shape index (κ3) is 1.87. The van der Waals surface area contributed by atoms with Gasteiger partial charge in [0.2, 0.25) is 0 Å². The minimum absolute atomic E-state index is 0.926. The quantitative estimate of drug-likeness (QED) is 0.440. The summed E-state index contributed by atoms with van der Waals surface area (Å²) in [4.78, 5) is 2.37. The predicted octanol–water partition coefficient (Wildman–Crippen LogP) is 2.09. The molecule has 1 aromatic rings. The fraction of sp³-hybridized carbons (Fsp3) is 0.364. The molecule has 1 aliphatic heterocycles. The van der Waals surface area contributed by atoms with Crippen molar-refractivity contribution in [3.05, 3.63) is 29.8 Å². The molecule has 1 N–H and O–H groups in total. The summed E-state index contributed by atoms with van der Waals surface area (Å²) in [6.07, 6.45) is 4.02. The zero-order valence-electron chi connectivity index (χ0n) is 8.06. The number of oxime groups is 1. The highest BCUT2D eigenvalue weighted by Gasteiger charge is 2.11. The maximum absolute atomic E-state index is 8.36. The summed E-state index contributed by atoms with van der Waals surface area (Å²) in [5.41, 5.74) is 2.19. The number of rotatable bonds is 2. The van der Waals surface area contributed by atoms with Gasteiger partial charge < -0.3 is 10.1 Å². The van der Waals surface area contributed by atoms with Crippen LogP contribution in [0.3, 0.4) is 0 Å². The number of hydrogen-bond acceptors (Lipinski definition) is 3. The van der Waals surface area contributed by atoms with E-state index in [1.807, 2.05) is 12.1 Å². The second-order valence-electron chi connectivity index (χ2n) is 3.53. The van der Waals surface area contributed by atoms with Gasteiger partial charge in [-0.05, 0) is 30.5 Å². The Kier molecular flexibility index (Phi) is 2.68. The van der Waals surface area contributed by atoms with Crippen molar-refractivity contribution in [2.75, 3.05) is 18.0 Å². The molecule has 0 aromatic heterocycles. The van der Waals surface area contributed by atoms with E-state index in [1.54, 1.807) is 0 Å². The van der Waals surface area contributed by atoms with Gasteiger partial charge >= 0.3 is 0 Å². The van der Waals surface area contributed by atoms with Crippen LogP contribution in [0.1, 0.15) is 18.4 Å². The zero-order valence-corrected chi connectivity index (χ0v) is 8.06. The Balaban J connectivity index is 2.12. The number of benzene rings is 1. The summed E-state index contributed by atoms with van der Waals surface area (Å²) in [6.45, 7) is 2.32. The first kappa shape index (κ1) is 9.06. The Morgan fingerprint density at radius 2 is 1.79 bits per heavy atom. The molecule has 0 atom stereocenters. The molecule has 74 valence electrons. The van der Waals surface area contributed by atoms with E-state index in [-0.39, 0.29) is 0 Å². The Hall–Kier alpha value is -1.51. The molecule has 1 aliphatic rings. The minimum atomic E-state index is 0.926. The normalized spacial score (nSPS) is 16.7. The Labute approximate surface area is 83.7 Å².